The lowest BCUT2D eigenvalue weighted by Gasteiger charge is -2.38. The van der Waals surface area contributed by atoms with Crippen molar-refractivity contribution >= 4 is 29.3 Å². The molecule has 1 fully saturated rings. The smallest absolute Gasteiger partial charge is 0.411 e. The van der Waals surface area contributed by atoms with Gasteiger partial charge in [0.2, 0.25) is 0 Å². The van der Waals surface area contributed by atoms with Gasteiger partial charge in [-0.25, -0.2) is 4.79 Å². The molecule has 2 aromatic carbocycles. The van der Waals surface area contributed by atoms with Crippen LogP contribution in [-0.4, -0.2) is 34.9 Å². The second kappa shape index (κ2) is 7.24. The van der Waals surface area contributed by atoms with Crippen LogP contribution in [0.15, 0.2) is 48.5 Å². The number of nitrogens with zero attached hydrogens (tertiary/aromatic N) is 1. The van der Waals surface area contributed by atoms with Crippen molar-refractivity contribution in [1.29, 1.82) is 0 Å². The number of benzene rings is 2. The van der Waals surface area contributed by atoms with Gasteiger partial charge in [0.25, 0.3) is 0 Å². The lowest BCUT2D eigenvalue weighted by molar-refractivity contribution is 0.0627. The summed E-state index contributed by atoms with van der Waals surface area (Å²) in [5.41, 5.74) is 1.02. The van der Waals surface area contributed by atoms with Crippen LogP contribution in [0.4, 0.5) is 4.79 Å². The summed E-state index contributed by atoms with van der Waals surface area (Å²) in [4.78, 5) is 14.1. The Morgan fingerprint density at radius 1 is 1.20 bits per heavy atom. The molecule has 6 heteroatoms. The van der Waals surface area contributed by atoms with Crippen molar-refractivity contribution in [2.45, 2.75) is 24.9 Å². The van der Waals surface area contributed by atoms with Crippen molar-refractivity contribution in [3.63, 3.8) is 0 Å². The molecule has 0 bridgehead atoms. The predicted octanol–water partition coefficient (Wildman–Crippen LogP) is 4.48. The van der Waals surface area contributed by atoms with E-state index in [1.807, 2.05) is 43.3 Å². The van der Waals surface area contributed by atoms with Gasteiger partial charge in [-0.3, -0.25) is 4.90 Å². The molecule has 0 unspecified atom stereocenters. The molecule has 25 heavy (non-hydrogen) atoms. The fourth-order valence-corrected chi connectivity index (χ4v) is 3.64. The first-order valence-electron chi connectivity index (χ1n) is 8.03. The van der Waals surface area contributed by atoms with E-state index in [4.69, 9.17) is 27.9 Å². The Bertz CT molecular complexity index is 769. The molecule has 2 atom stereocenters. The summed E-state index contributed by atoms with van der Waals surface area (Å²) in [6, 6.07) is 14.8. The molecular weight excluding hydrogens is 361 g/mol. The molecule has 4 nitrogen and oxygen atoms in total. The van der Waals surface area contributed by atoms with Gasteiger partial charge in [-0.15, -0.1) is 0 Å². The van der Waals surface area contributed by atoms with E-state index in [-0.39, 0.29) is 19.3 Å². The number of aliphatic hydroxyl groups is 1. The SMILES string of the molecule is C[C@@H](c1ccccc1)N1C(=O)OC[C@]1(CO)Cc1ccc(Cl)c(Cl)c1. The van der Waals surface area contributed by atoms with Gasteiger partial charge in [0.05, 0.1) is 22.7 Å². The zero-order chi connectivity index (χ0) is 18.0. The number of hydrogen-bond acceptors (Lipinski definition) is 3. The summed E-state index contributed by atoms with van der Waals surface area (Å²) < 4.78 is 5.31. The monoisotopic (exact) mass is 379 g/mol. The normalized spacial score (nSPS) is 21.3. The van der Waals surface area contributed by atoms with Crippen LogP contribution in [-0.2, 0) is 11.2 Å². The van der Waals surface area contributed by atoms with E-state index in [0.29, 0.717) is 16.5 Å². The van der Waals surface area contributed by atoms with Gasteiger partial charge in [-0.1, -0.05) is 59.6 Å². The Labute approximate surface area is 156 Å². The minimum Gasteiger partial charge on any atom is -0.447 e. The summed E-state index contributed by atoms with van der Waals surface area (Å²) >= 11 is 12.1. The second-order valence-electron chi connectivity index (χ2n) is 6.32. The van der Waals surface area contributed by atoms with Crippen LogP contribution in [0.5, 0.6) is 0 Å². The standard InChI is InChI=1S/C19H19Cl2NO3/c1-13(15-5-3-2-4-6-15)22-18(24)25-12-19(22,11-23)10-14-7-8-16(20)17(21)9-14/h2-9,13,23H,10-12H2,1H3/t13-,19+/m0/s1. The van der Waals surface area contributed by atoms with Crippen molar-refractivity contribution in [3.8, 4) is 0 Å². The molecule has 0 aliphatic carbocycles. The molecule has 0 radical (unpaired) electrons. The van der Waals surface area contributed by atoms with E-state index in [2.05, 4.69) is 0 Å². The third-order valence-corrected chi connectivity index (χ3v) is 5.39. The topological polar surface area (TPSA) is 49.8 Å². The number of ether oxygens (including phenoxy) is 1. The number of halogens is 2. The highest BCUT2D eigenvalue weighted by Gasteiger charge is 2.49. The Kier molecular flexibility index (Phi) is 5.23. The molecule has 0 spiro atoms. The number of amides is 1. The highest BCUT2D eigenvalue weighted by Crippen LogP contribution is 2.37. The quantitative estimate of drug-likeness (QED) is 0.832. The first-order valence-corrected chi connectivity index (χ1v) is 8.78. The molecule has 1 amide bonds. The number of cyclic esters (lactones) is 1. The number of carbonyl (C=O) groups is 1. The maximum absolute atomic E-state index is 12.4. The van der Waals surface area contributed by atoms with Gasteiger partial charge >= 0.3 is 6.09 Å². The third kappa shape index (κ3) is 3.47. The fraction of sp³-hybridized carbons (Fsp3) is 0.316. The molecule has 1 aliphatic heterocycles. The number of carbonyl (C=O) groups excluding carboxylic acids is 1. The van der Waals surface area contributed by atoms with Crippen LogP contribution in [0, 0.1) is 0 Å². The van der Waals surface area contributed by atoms with Crippen molar-refractivity contribution in [1.82, 2.24) is 4.90 Å². The minimum absolute atomic E-state index is 0.125. The highest BCUT2D eigenvalue weighted by atomic mass is 35.5. The molecule has 1 heterocycles. The summed E-state index contributed by atoms with van der Waals surface area (Å²) in [6.07, 6.45) is -0.00555. The van der Waals surface area contributed by atoms with Crippen LogP contribution in [0.25, 0.3) is 0 Å². The Morgan fingerprint density at radius 3 is 2.56 bits per heavy atom. The van der Waals surface area contributed by atoms with Gasteiger partial charge in [-0.2, -0.15) is 0 Å². The van der Waals surface area contributed by atoms with Crippen molar-refractivity contribution in [2.24, 2.45) is 0 Å². The average Bonchev–Trinajstić information content (AvgIpc) is 2.95. The largest absolute Gasteiger partial charge is 0.447 e. The van der Waals surface area contributed by atoms with E-state index in [1.165, 1.54) is 0 Å². The first kappa shape index (κ1) is 18.1. The highest BCUT2D eigenvalue weighted by molar-refractivity contribution is 6.42. The van der Waals surface area contributed by atoms with Gasteiger partial charge in [0.1, 0.15) is 12.1 Å². The zero-order valence-corrected chi connectivity index (χ0v) is 15.3. The van der Waals surface area contributed by atoms with Crippen molar-refractivity contribution in [2.75, 3.05) is 13.2 Å². The van der Waals surface area contributed by atoms with Crippen molar-refractivity contribution < 1.29 is 14.6 Å². The van der Waals surface area contributed by atoms with Gasteiger partial charge < -0.3 is 9.84 Å². The molecule has 2 aromatic rings. The van der Waals surface area contributed by atoms with Crippen LogP contribution < -0.4 is 0 Å². The van der Waals surface area contributed by atoms with E-state index < -0.39 is 11.6 Å². The van der Waals surface area contributed by atoms with Gasteiger partial charge in [-0.05, 0) is 30.2 Å². The molecule has 1 saturated heterocycles. The fourth-order valence-electron chi connectivity index (χ4n) is 3.32. The Morgan fingerprint density at radius 2 is 1.92 bits per heavy atom. The predicted molar refractivity (Wildman–Crippen MR) is 98.0 cm³/mol. The molecule has 1 aliphatic rings. The van der Waals surface area contributed by atoms with Crippen LogP contribution in [0.3, 0.4) is 0 Å². The van der Waals surface area contributed by atoms with E-state index >= 15 is 0 Å². The zero-order valence-electron chi connectivity index (χ0n) is 13.8. The molecule has 3 rings (SSSR count). The molecule has 0 aromatic heterocycles. The minimum atomic E-state index is -0.844. The van der Waals surface area contributed by atoms with E-state index in [9.17, 15) is 9.90 Å². The Hall–Kier alpha value is -1.75. The summed E-state index contributed by atoms with van der Waals surface area (Å²) in [6.45, 7) is 1.84. The Balaban J connectivity index is 1.94. The maximum Gasteiger partial charge on any atom is 0.411 e. The second-order valence-corrected chi connectivity index (χ2v) is 7.13. The van der Waals surface area contributed by atoms with E-state index in [0.717, 1.165) is 11.1 Å². The number of rotatable bonds is 5. The lowest BCUT2D eigenvalue weighted by Crippen LogP contribution is -2.52. The van der Waals surface area contributed by atoms with E-state index in [1.54, 1.807) is 17.0 Å². The molecule has 0 saturated carbocycles. The molecule has 1 N–H and O–H groups in total. The van der Waals surface area contributed by atoms with Crippen LogP contribution in [0.1, 0.15) is 24.1 Å². The molecular formula is C19H19Cl2NO3. The summed E-state index contributed by atoms with van der Waals surface area (Å²) in [5.74, 6) is 0. The van der Waals surface area contributed by atoms with Crippen molar-refractivity contribution in [3.05, 3.63) is 69.7 Å². The lowest BCUT2D eigenvalue weighted by atomic mass is 9.89. The van der Waals surface area contributed by atoms with Crippen LogP contribution in [0.2, 0.25) is 10.0 Å². The van der Waals surface area contributed by atoms with Gasteiger partial charge in [0, 0.05) is 6.42 Å². The number of aliphatic hydroxyl groups excluding tert-OH is 1. The maximum atomic E-state index is 12.4. The van der Waals surface area contributed by atoms with Gasteiger partial charge in [0.15, 0.2) is 0 Å². The van der Waals surface area contributed by atoms with Crippen LogP contribution >= 0.6 is 23.2 Å². The first-order chi connectivity index (χ1) is 12.0. The molecule has 132 valence electrons. The number of hydrogen-bond donors (Lipinski definition) is 1. The third-order valence-electron chi connectivity index (χ3n) is 4.65. The summed E-state index contributed by atoms with van der Waals surface area (Å²) in [5, 5.41) is 11.1. The average molecular weight is 380 g/mol. The summed E-state index contributed by atoms with van der Waals surface area (Å²) in [7, 11) is 0.